The van der Waals surface area contributed by atoms with Gasteiger partial charge in [-0.15, -0.1) is 0 Å². The molecule has 1 aliphatic rings. The molecule has 2 N–H and O–H groups in total. The third kappa shape index (κ3) is 4.06. The fourth-order valence-electron chi connectivity index (χ4n) is 3.20. The van der Waals surface area contributed by atoms with Gasteiger partial charge in [-0.2, -0.15) is 5.10 Å². The van der Waals surface area contributed by atoms with Crippen molar-refractivity contribution in [1.29, 1.82) is 0 Å². The van der Waals surface area contributed by atoms with E-state index in [9.17, 15) is 5.11 Å². The van der Waals surface area contributed by atoms with Crippen molar-refractivity contribution in [3.8, 4) is 0 Å². The van der Waals surface area contributed by atoms with Gasteiger partial charge in [-0.05, 0) is 37.0 Å². The van der Waals surface area contributed by atoms with E-state index in [0.717, 1.165) is 38.1 Å². The highest BCUT2D eigenvalue weighted by Crippen LogP contribution is 2.41. The Balaban J connectivity index is 1.76. The Morgan fingerprint density at radius 3 is 2.55 bits per heavy atom. The lowest BCUT2D eigenvalue weighted by Gasteiger charge is -2.41. The standard InChI is InChI=1S/C16H29N3O/c1-15(2,3)14-5-7-16(20,8-6-14)12-17-9-13-10-18-19(4)11-13/h10-11,14,17,20H,5-9,12H2,1-4H3. The molecule has 0 saturated heterocycles. The third-order valence-electron chi connectivity index (χ3n) is 4.68. The molecular formula is C16H29N3O. The molecule has 114 valence electrons. The molecule has 0 aromatic carbocycles. The summed E-state index contributed by atoms with van der Waals surface area (Å²) in [5, 5.41) is 18.2. The van der Waals surface area contributed by atoms with Gasteiger partial charge in [0.25, 0.3) is 0 Å². The summed E-state index contributed by atoms with van der Waals surface area (Å²) in [5.41, 5.74) is 1.01. The molecule has 20 heavy (non-hydrogen) atoms. The normalized spacial score (nSPS) is 27.8. The number of aromatic nitrogens is 2. The van der Waals surface area contributed by atoms with Crippen LogP contribution in [0.3, 0.4) is 0 Å². The summed E-state index contributed by atoms with van der Waals surface area (Å²) in [4.78, 5) is 0. The van der Waals surface area contributed by atoms with Crippen LogP contribution in [0.25, 0.3) is 0 Å². The van der Waals surface area contributed by atoms with Crippen molar-refractivity contribution in [3.63, 3.8) is 0 Å². The van der Waals surface area contributed by atoms with E-state index in [4.69, 9.17) is 0 Å². The first-order valence-electron chi connectivity index (χ1n) is 7.69. The van der Waals surface area contributed by atoms with E-state index in [1.807, 2.05) is 19.4 Å². The highest BCUT2D eigenvalue weighted by molar-refractivity contribution is 5.03. The molecule has 1 heterocycles. The second-order valence-corrected chi connectivity index (χ2v) is 7.49. The Morgan fingerprint density at radius 1 is 1.40 bits per heavy atom. The van der Waals surface area contributed by atoms with Gasteiger partial charge in [0.05, 0.1) is 11.8 Å². The molecular weight excluding hydrogens is 250 g/mol. The quantitative estimate of drug-likeness (QED) is 0.890. The number of hydrogen-bond acceptors (Lipinski definition) is 3. The van der Waals surface area contributed by atoms with E-state index in [1.54, 1.807) is 4.68 Å². The van der Waals surface area contributed by atoms with Crippen molar-refractivity contribution in [2.24, 2.45) is 18.4 Å². The molecule has 4 nitrogen and oxygen atoms in total. The summed E-state index contributed by atoms with van der Waals surface area (Å²) in [7, 11) is 1.92. The Kier molecular flexibility index (Phi) is 4.55. The molecule has 0 unspecified atom stereocenters. The number of aryl methyl sites for hydroxylation is 1. The van der Waals surface area contributed by atoms with Gasteiger partial charge < -0.3 is 10.4 Å². The Morgan fingerprint density at radius 2 is 2.05 bits per heavy atom. The summed E-state index contributed by atoms with van der Waals surface area (Å²) < 4.78 is 1.81. The van der Waals surface area contributed by atoms with Crippen molar-refractivity contribution in [3.05, 3.63) is 18.0 Å². The van der Waals surface area contributed by atoms with Crippen molar-refractivity contribution in [2.45, 2.75) is 58.6 Å². The summed E-state index contributed by atoms with van der Waals surface area (Å²) in [5.74, 6) is 0.737. The number of rotatable bonds is 4. The Labute approximate surface area is 122 Å². The molecule has 1 aromatic rings. The van der Waals surface area contributed by atoms with Crippen LogP contribution < -0.4 is 5.32 Å². The monoisotopic (exact) mass is 279 g/mol. The second kappa shape index (κ2) is 5.86. The summed E-state index contributed by atoms with van der Waals surface area (Å²) in [6, 6.07) is 0. The van der Waals surface area contributed by atoms with Crippen LogP contribution in [-0.2, 0) is 13.6 Å². The van der Waals surface area contributed by atoms with Gasteiger partial charge in [0.2, 0.25) is 0 Å². The minimum Gasteiger partial charge on any atom is -0.389 e. The molecule has 0 aliphatic heterocycles. The largest absolute Gasteiger partial charge is 0.389 e. The second-order valence-electron chi connectivity index (χ2n) is 7.49. The third-order valence-corrected chi connectivity index (χ3v) is 4.68. The van der Waals surface area contributed by atoms with Gasteiger partial charge in [-0.25, -0.2) is 0 Å². The molecule has 1 saturated carbocycles. The first kappa shape index (κ1) is 15.5. The van der Waals surface area contributed by atoms with Crippen LogP contribution >= 0.6 is 0 Å². The minimum atomic E-state index is -0.524. The van der Waals surface area contributed by atoms with Gasteiger partial charge >= 0.3 is 0 Å². The van der Waals surface area contributed by atoms with E-state index in [-0.39, 0.29) is 0 Å². The number of hydrogen-bond donors (Lipinski definition) is 2. The number of aliphatic hydroxyl groups is 1. The summed E-state index contributed by atoms with van der Waals surface area (Å²) in [6.07, 6.45) is 7.97. The summed E-state index contributed by atoms with van der Waals surface area (Å²) in [6.45, 7) is 8.38. The lowest BCUT2D eigenvalue weighted by atomic mass is 9.68. The topological polar surface area (TPSA) is 50.1 Å². The van der Waals surface area contributed by atoms with E-state index in [0.29, 0.717) is 12.0 Å². The maximum Gasteiger partial charge on any atom is 0.0771 e. The van der Waals surface area contributed by atoms with Crippen LogP contribution in [0, 0.1) is 11.3 Å². The van der Waals surface area contributed by atoms with Crippen LogP contribution in [0.4, 0.5) is 0 Å². The van der Waals surface area contributed by atoms with Crippen molar-refractivity contribution in [1.82, 2.24) is 15.1 Å². The maximum atomic E-state index is 10.7. The molecule has 2 rings (SSSR count). The van der Waals surface area contributed by atoms with Gasteiger partial charge in [-0.3, -0.25) is 4.68 Å². The number of nitrogens with one attached hydrogen (secondary N) is 1. The van der Waals surface area contributed by atoms with E-state index in [2.05, 4.69) is 31.2 Å². The maximum absolute atomic E-state index is 10.7. The van der Waals surface area contributed by atoms with E-state index < -0.39 is 5.60 Å². The smallest absolute Gasteiger partial charge is 0.0771 e. The Bertz CT molecular complexity index is 425. The Hall–Kier alpha value is -0.870. The SMILES string of the molecule is Cn1cc(CNCC2(O)CCC(C(C)(C)C)CC2)cn1. The molecule has 1 fully saturated rings. The highest BCUT2D eigenvalue weighted by Gasteiger charge is 2.36. The molecule has 1 aromatic heterocycles. The van der Waals surface area contributed by atoms with E-state index in [1.165, 1.54) is 5.56 Å². The van der Waals surface area contributed by atoms with Gasteiger partial charge in [0, 0.05) is 31.9 Å². The zero-order valence-corrected chi connectivity index (χ0v) is 13.3. The zero-order chi connectivity index (χ0) is 14.8. The number of nitrogens with zero attached hydrogens (tertiary/aromatic N) is 2. The predicted octanol–water partition coefficient (Wildman–Crippen LogP) is 2.48. The molecule has 1 aliphatic carbocycles. The zero-order valence-electron chi connectivity index (χ0n) is 13.3. The molecule has 0 spiro atoms. The first-order valence-corrected chi connectivity index (χ1v) is 7.69. The molecule has 0 amide bonds. The van der Waals surface area contributed by atoms with Crippen molar-refractivity contribution < 1.29 is 5.11 Å². The minimum absolute atomic E-state index is 0.366. The highest BCUT2D eigenvalue weighted by atomic mass is 16.3. The molecule has 4 heteroatoms. The van der Waals surface area contributed by atoms with Crippen LogP contribution in [0.15, 0.2) is 12.4 Å². The van der Waals surface area contributed by atoms with Crippen LogP contribution in [0.1, 0.15) is 52.0 Å². The van der Waals surface area contributed by atoms with Crippen molar-refractivity contribution in [2.75, 3.05) is 6.54 Å². The van der Waals surface area contributed by atoms with Crippen LogP contribution in [0.2, 0.25) is 0 Å². The van der Waals surface area contributed by atoms with Crippen LogP contribution in [-0.4, -0.2) is 27.0 Å². The average molecular weight is 279 g/mol. The average Bonchev–Trinajstić information content (AvgIpc) is 2.74. The van der Waals surface area contributed by atoms with Gasteiger partial charge in [0.1, 0.15) is 0 Å². The van der Waals surface area contributed by atoms with E-state index >= 15 is 0 Å². The van der Waals surface area contributed by atoms with Crippen molar-refractivity contribution >= 4 is 0 Å². The summed E-state index contributed by atoms with van der Waals surface area (Å²) >= 11 is 0. The molecule has 0 radical (unpaired) electrons. The first-order chi connectivity index (χ1) is 9.28. The van der Waals surface area contributed by atoms with Crippen LogP contribution in [0.5, 0.6) is 0 Å². The lowest BCUT2D eigenvalue weighted by molar-refractivity contribution is -0.0239. The lowest BCUT2D eigenvalue weighted by Crippen LogP contribution is -2.44. The van der Waals surface area contributed by atoms with Gasteiger partial charge in [0.15, 0.2) is 0 Å². The molecule has 0 atom stereocenters. The fraction of sp³-hybridized carbons (Fsp3) is 0.812. The predicted molar refractivity (Wildman–Crippen MR) is 81.3 cm³/mol. The fourth-order valence-corrected chi connectivity index (χ4v) is 3.20. The molecule has 0 bridgehead atoms. The van der Waals surface area contributed by atoms with Gasteiger partial charge in [-0.1, -0.05) is 20.8 Å².